The SMILES string of the molecule is Cc1cscc1-c1nc(C(N)CN2CCCCC2)no1. The molecule has 0 aliphatic carbocycles. The lowest BCUT2D eigenvalue weighted by Gasteiger charge is -2.27. The van der Waals surface area contributed by atoms with Gasteiger partial charge in [0.1, 0.15) is 0 Å². The number of hydrogen-bond donors (Lipinski definition) is 1. The Labute approximate surface area is 122 Å². The van der Waals surface area contributed by atoms with Crippen LogP contribution in [-0.2, 0) is 0 Å². The minimum absolute atomic E-state index is 0.176. The van der Waals surface area contributed by atoms with Crippen LogP contribution in [0.15, 0.2) is 15.3 Å². The molecule has 1 aliphatic rings. The summed E-state index contributed by atoms with van der Waals surface area (Å²) >= 11 is 1.64. The van der Waals surface area contributed by atoms with Gasteiger partial charge >= 0.3 is 0 Å². The maximum Gasteiger partial charge on any atom is 0.259 e. The van der Waals surface area contributed by atoms with Crippen molar-refractivity contribution in [1.82, 2.24) is 15.0 Å². The zero-order chi connectivity index (χ0) is 13.9. The van der Waals surface area contributed by atoms with Gasteiger partial charge in [-0.3, -0.25) is 0 Å². The van der Waals surface area contributed by atoms with Gasteiger partial charge in [-0.15, -0.1) is 0 Å². The molecule has 0 bridgehead atoms. The summed E-state index contributed by atoms with van der Waals surface area (Å²) in [6.07, 6.45) is 3.85. The van der Waals surface area contributed by atoms with E-state index in [-0.39, 0.29) is 6.04 Å². The summed E-state index contributed by atoms with van der Waals surface area (Å²) in [7, 11) is 0. The molecule has 6 heteroatoms. The summed E-state index contributed by atoms with van der Waals surface area (Å²) in [5.41, 5.74) is 8.38. The summed E-state index contributed by atoms with van der Waals surface area (Å²) in [6, 6.07) is -0.176. The Kier molecular flexibility index (Phi) is 4.14. The molecule has 1 saturated heterocycles. The third-order valence-corrected chi connectivity index (χ3v) is 4.62. The molecule has 1 aliphatic heterocycles. The second-order valence-corrected chi connectivity index (χ2v) is 6.14. The molecule has 3 heterocycles. The summed E-state index contributed by atoms with van der Waals surface area (Å²) < 4.78 is 5.35. The van der Waals surface area contributed by atoms with Crippen LogP contribution in [-0.4, -0.2) is 34.7 Å². The van der Waals surface area contributed by atoms with Crippen molar-refractivity contribution >= 4 is 11.3 Å². The Balaban J connectivity index is 1.68. The molecule has 20 heavy (non-hydrogen) atoms. The van der Waals surface area contributed by atoms with Crippen LogP contribution in [0.3, 0.4) is 0 Å². The molecule has 5 nitrogen and oxygen atoms in total. The summed E-state index contributed by atoms with van der Waals surface area (Å²) in [5, 5.41) is 8.15. The zero-order valence-electron chi connectivity index (χ0n) is 11.7. The van der Waals surface area contributed by atoms with Crippen LogP contribution in [0.25, 0.3) is 11.5 Å². The predicted octanol–water partition coefficient (Wildman–Crippen LogP) is 2.59. The average molecular weight is 292 g/mol. The van der Waals surface area contributed by atoms with Gasteiger partial charge in [-0.05, 0) is 43.8 Å². The lowest BCUT2D eigenvalue weighted by atomic mass is 10.1. The smallest absolute Gasteiger partial charge is 0.259 e. The first-order valence-electron chi connectivity index (χ1n) is 7.09. The number of thiophene rings is 1. The van der Waals surface area contributed by atoms with Crippen molar-refractivity contribution < 1.29 is 4.52 Å². The molecule has 2 aromatic rings. The van der Waals surface area contributed by atoms with Gasteiger partial charge in [-0.2, -0.15) is 16.3 Å². The van der Waals surface area contributed by atoms with E-state index in [1.807, 2.05) is 12.3 Å². The van der Waals surface area contributed by atoms with Crippen LogP contribution in [0.5, 0.6) is 0 Å². The number of likely N-dealkylation sites (tertiary alicyclic amines) is 1. The molecule has 2 N–H and O–H groups in total. The van der Waals surface area contributed by atoms with Gasteiger partial charge in [0.15, 0.2) is 5.82 Å². The molecule has 3 rings (SSSR count). The highest BCUT2D eigenvalue weighted by Gasteiger charge is 2.20. The molecular formula is C14H20N4OS. The van der Waals surface area contributed by atoms with Crippen LogP contribution in [0, 0.1) is 6.92 Å². The second kappa shape index (κ2) is 6.03. The van der Waals surface area contributed by atoms with Crippen LogP contribution in [0.4, 0.5) is 0 Å². The van der Waals surface area contributed by atoms with E-state index in [1.54, 1.807) is 11.3 Å². The van der Waals surface area contributed by atoms with Gasteiger partial charge in [-0.1, -0.05) is 11.6 Å². The summed E-state index contributed by atoms with van der Waals surface area (Å²) in [6.45, 7) is 5.11. The van der Waals surface area contributed by atoms with Gasteiger partial charge in [0.25, 0.3) is 5.89 Å². The van der Waals surface area contributed by atoms with Crippen molar-refractivity contribution in [3.63, 3.8) is 0 Å². The predicted molar refractivity (Wildman–Crippen MR) is 79.6 cm³/mol. The molecule has 0 saturated carbocycles. The van der Waals surface area contributed by atoms with E-state index in [0.29, 0.717) is 11.7 Å². The number of rotatable bonds is 4. The number of hydrogen-bond acceptors (Lipinski definition) is 6. The molecular weight excluding hydrogens is 272 g/mol. The first kappa shape index (κ1) is 13.7. The summed E-state index contributed by atoms with van der Waals surface area (Å²) in [5.74, 6) is 1.18. The maximum absolute atomic E-state index is 6.21. The number of piperidine rings is 1. The van der Waals surface area contributed by atoms with E-state index in [0.717, 1.165) is 30.8 Å². The first-order chi connectivity index (χ1) is 9.74. The Morgan fingerprint density at radius 1 is 1.35 bits per heavy atom. The molecule has 0 aromatic carbocycles. The molecule has 0 spiro atoms. The lowest BCUT2D eigenvalue weighted by Crippen LogP contribution is -2.36. The number of nitrogens with two attached hydrogens (primary N) is 1. The number of aryl methyl sites for hydroxylation is 1. The average Bonchev–Trinajstić information content (AvgIpc) is 3.08. The molecule has 1 atom stereocenters. The largest absolute Gasteiger partial charge is 0.334 e. The Hall–Kier alpha value is -1.24. The minimum atomic E-state index is -0.176. The van der Waals surface area contributed by atoms with Crippen molar-refractivity contribution in [2.45, 2.75) is 32.2 Å². The van der Waals surface area contributed by atoms with E-state index >= 15 is 0 Å². The quantitative estimate of drug-likeness (QED) is 0.938. The van der Waals surface area contributed by atoms with E-state index in [4.69, 9.17) is 10.3 Å². The standard InChI is InChI=1S/C14H20N4OS/c1-10-8-20-9-11(10)14-16-13(17-19-14)12(15)7-18-5-3-2-4-6-18/h8-9,12H,2-7,15H2,1H3. The Bertz CT molecular complexity index is 559. The zero-order valence-corrected chi connectivity index (χ0v) is 12.5. The van der Waals surface area contributed by atoms with Gasteiger partial charge in [0, 0.05) is 11.9 Å². The molecule has 1 unspecified atom stereocenters. The third-order valence-electron chi connectivity index (χ3n) is 3.76. The van der Waals surface area contributed by atoms with Gasteiger partial charge < -0.3 is 15.2 Å². The Morgan fingerprint density at radius 3 is 2.85 bits per heavy atom. The van der Waals surface area contributed by atoms with Crippen molar-refractivity contribution in [2.24, 2.45) is 5.73 Å². The minimum Gasteiger partial charge on any atom is -0.334 e. The van der Waals surface area contributed by atoms with E-state index in [1.165, 1.54) is 19.3 Å². The van der Waals surface area contributed by atoms with Gasteiger partial charge in [0.05, 0.1) is 11.6 Å². The second-order valence-electron chi connectivity index (χ2n) is 5.39. The van der Waals surface area contributed by atoms with Crippen molar-refractivity contribution in [1.29, 1.82) is 0 Å². The maximum atomic E-state index is 6.21. The van der Waals surface area contributed by atoms with Crippen LogP contribution < -0.4 is 5.73 Å². The molecule has 0 amide bonds. The Morgan fingerprint density at radius 2 is 2.15 bits per heavy atom. The highest BCUT2D eigenvalue weighted by molar-refractivity contribution is 7.08. The number of aromatic nitrogens is 2. The molecule has 1 fully saturated rings. The normalized spacial score (nSPS) is 18.3. The molecule has 0 radical (unpaired) electrons. The highest BCUT2D eigenvalue weighted by Crippen LogP contribution is 2.26. The highest BCUT2D eigenvalue weighted by atomic mass is 32.1. The fourth-order valence-corrected chi connectivity index (χ4v) is 3.40. The van der Waals surface area contributed by atoms with E-state index in [9.17, 15) is 0 Å². The first-order valence-corrected chi connectivity index (χ1v) is 8.03. The number of nitrogens with zero attached hydrogens (tertiary/aromatic N) is 3. The fourth-order valence-electron chi connectivity index (χ4n) is 2.58. The molecule has 2 aromatic heterocycles. The topological polar surface area (TPSA) is 68.2 Å². The summed E-state index contributed by atoms with van der Waals surface area (Å²) in [4.78, 5) is 6.85. The van der Waals surface area contributed by atoms with Crippen molar-refractivity contribution in [2.75, 3.05) is 19.6 Å². The lowest BCUT2D eigenvalue weighted by molar-refractivity contribution is 0.213. The van der Waals surface area contributed by atoms with Crippen LogP contribution in [0.1, 0.15) is 36.7 Å². The fraction of sp³-hybridized carbons (Fsp3) is 0.571. The monoisotopic (exact) mass is 292 g/mol. The van der Waals surface area contributed by atoms with Crippen molar-refractivity contribution in [3.8, 4) is 11.5 Å². The van der Waals surface area contributed by atoms with E-state index < -0.39 is 0 Å². The van der Waals surface area contributed by atoms with Crippen molar-refractivity contribution in [3.05, 3.63) is 22.1 Å². The van der Waals surface area contributed by atoms with Gasteiger partial charge in [-0.25, -0.2) is 0 Å². The third kappa shape index (κ3) is 2.92. The molecule has 108 valence electrons. The van der Waals surface area contributed by atoms with Crippen LogP contribution >= 0.6 is 11.3 Å². The van der Waals surface area contributed by atoms with E-state index in [2.05, 4.69) is 20.4 Å². The van der Waals surface area contributed by atoms with Gasteiger partial charge in [0.2, 0.25) is 0 Å². The van der Waals surface area contributed by atoms with Crippen LogP contribution in [0.2, 0.25) is 0 Å².